The summed E-state index contributed by atoms with van der Waals surface area (Å²) in [6, 6.07) is 18.3. The van der Waals surface area contributed by atoms with E-state index < -0.39 is 5.25 Å². The van der Waals surface area contributed by atoms with Crippen molar-refractivity contribution in [3.63, 3.8) is 0 Å². The van der Waals surface area contributed by atoms with Crippen LogP contribution in [-0.4, -0.2) is 32.2 Å². The quantitative estimate of drug-likeness (QED) is 0.617. The first-order valence-electron chi connectivity index (χ1n) is 9.52. The zero-order valence-electron chi connectivity index (χ0n) is 15.9. The molecule has 1 unspecified atom stereocenters. The number of aromatic nitrogens is 4. The number of hydrogen-bond acceptors (Lipinski definition) is 5. The monoisotopic (exact) mass is 393 g/mol. The Morgan fingerprint density at radius 1 is 1.07 bits per heavy atom. The van der Waals surface area contributed by atoms with Gasteiger partial charge in [0.2, 0.25) is 11.1 Å². The maximum absolute atomic E-state index is 12.9. The van der Waals surface area contributed by atoms with Crippen LogP contribution in [0.2, 0.25) is 0 Å². The SMILES string of the molecule is CC(C)c1ccc(-n2nnnc2SC(C(=O)NC2CC2)c2ccccc2)cc1. The summed E-state index contributed by atoms with van der Waals surface area (Å²) in [6.45, 7) is 4.33. The van der Waals surface area contributed by atoms with Crippen LogP contribution in [0.5, 0.6) is 0 Å². The van der Waals surface area contributed by atoms with Crippen molar-refractivity contribution in [3.8, 4) is 5.69 Å². The lowest BCUT2D eigenvalue weighted by Gasteiger charge is -2.16. The van der Waals surface area contributed by atoms with Crippen molar-refractivity contribution in [3.05, 3.63) is 65.7 Å². The number of tetrazole rings is 1. The highest BCUT2D eigenvalue weighted by atomic mass is 32.2. The molecule has 1 aromatic heterocycles. The van der Waals surface area contributed by atoms with E-state index in [1.54, 1.807) is 4.68 Å². The van der Waals surface area contributed by atoms with Crippen LogP contribution < -0.4 is 5.32 Å². The number of carbonyl (C=O) groups is 1. The minimum atomic E-state index is -0.401. The molecule has 28 heavy (non-hydrogen) atoms. The van der Waals surface area contributed by atoms with Gasteiger partial charge in [0.1, 0.15) is 5.25 Å². The average Bonchev–Trinajstić information content (AvgIpc) is 3.40. The molecule has 1 N–H and O–H groups in total. The summed E-state index contributed by atoms with van der Waals surface area (Å²) >= 11 is 1.37. The molecule has 0 saturated heterocycles. The maximum Gasteiger partial charge on any atom is 0.238 e. The van der Waals surface area contributed by atoms with Gasteiger partial charge in [-0.05, 0) is 52.4 Å². The topological polar surface area (TPSA) is 72.7 Å². The lowest BCUT2D eigenvalue weighted by Crippen LogP contribution is -2.29. The molecule has 144 valence electrons. The number of nitrogens with one attached hydrogen (secondary N) is 1. The highest BCUT2D eigenvalue weighted by Crippen LogP contribution is 2.36. The molecular formula is C21H23N5OS. The van der Waals surface area contributed by atoms with Crippen molar-refractivity contribution in [1.82, 2.24) is 25.5 Å². The fourth-order valence-electron chi connectivity index (χ4n) is 2.93. The Hall–Kier alpha value is -2.67. The highest BCUT2D eigenvalue weighted by Gasteiger charge is 2.30. The summed E-state index contributed by atoms with van der Waals surface area (Å²) in [7, 11) is 0. The zero-order valence-corrected chi connectivity index (χ0v) is 16.8. The lowest BCUT2D eigenvalue weighted by molar-refractivity contribution is -0.120. The third-order valence-electron chi connectivity index (χ3n) is 4.73. The van der Waals surface area contributed by atoms with Crippen molar-refractivity contribution in [2.24, 2.45) is 0 Å². The van der Waals surface area contributed by atoms with Crippen LogP contribution in [0.15, 0.2) is 59.8 Å². The molecule has 3 aromatic rings. The second kappa shape index (κ2) is 8.14. The molecular weight excluding hydrogens is 370 g/mol. The van der Waals surface area contributed by atoms with Gasteiger partial charge in [-0.1, -0.05) is 68.1 Å². The predicted molar refractivity (Wildman–Crippen MR) is 109 cm³/mol. The molecule has 1 heterocycles. The molecule has 1 saturated carbocycles. The molecule has 0 bridgehead atoms. The Morgan fingerprint density at radius 2 is 1.79 bits per heavy atom. The number of carbonyl (C=O) groups excluding carboxylic acids is 1. The van der Waals surface area contributed by atoms with Crippen LogP contribution >= 0.6 is 11.8 Å². The summed E-state index contributed by atoms with van der Waals surface area (Å²) in [5.74, 6) is 0.466. The maximum atomic E-state index is 12.9. The second-order valence-electron chi connectivity index (χ2n) is 7.31. The van der Waals surface area contributed by atoms with E-state index in [2.05, 4.69) is 46.8 Å². The molecule has 2 aromatic carbocycles. The van der Waals surface area contributed by atoms with Crippen molar-refractivity contribution < 1.29 is 4.79 Å². The van der Waals surface area contributed by atoms with Gasteiger partial charge < -0.3 is 5.32 Å². The van der Waals surface area contributed by atoms with Gasteiger partial charge in [-0.15, -0.1) is 5.10 Å². The van der Waals surface area contributed by atoms with Crippen LogP contribution in [0.3, 0.4) is 0 Å². The standard InChI is InChI=1S/C21H23N5OS/c1-14(2)15-8-12-18(13-9-15)26-21(23-24-25-26)28-19(16-6-4-3-5-7-16)20(27)22-17-10-11-17/h3-9,12-14,17,19H,10-11H2,1-2H3,(H,22,27). The largest absolute Gasteiger partial charge is 0.352 e. The number of amides is 1. The first-order chi connectivity index (χ1) is 13.6. The number of benzene rings is 2. The molecule has 1 fully saturated rings. The fraction of sp³-hybridized carbons (Fsp3) is 0.333. The summed E-state index contributed by atoms with van der Waals surface area (Å²) in [5, 5.41) is 15.5. The van der Waals surface area contributed by atoms with Crippen molar-refractivity contribution in [2.75, 3.05) is 0 Å². The number of thioether (sulfide) groups is 1. The van der Waals surface area contributed by atoms with Gasteiger partial charge in [-0.3, -0.25) is 4.79 Å². The van der Waals surface area contributed by atoms with E-state index in [0.717, 1.165) is 24.1 Å². The van der Waals surface area contributed by atoms with Gasteiger partial charge in [0, 0.05) is 6.04 Å². The second-order valence-corrected chi connectivity index (χ2v) is 8.38. The van der Waals surface area contributed by atoms with E-state index in [0.29, 0.717) is 17.1 Å². The van der Waals surface area contributed by atoms with Crippen molar-refractivity contribution >= 4 is 17.7 Å². The Balaban J connectivity index is 1.60. The number of hydrogen-bond donors (Lipinski definition) is 1. The van der Waals surface area contributed by atoms with Gasteiger partial charge >= 0.3 is 0 Å². The van der Waals surface area contributed by atoms with E-state index >= 15 is 0 Å². The molecule has 1 amide bonds. The predicted octanol–water partition coefficient (Wildman–Crippen LogP) is 3.90. The summed E-state index contributed by atoms with van der Waals surface area (Å²) in [6.07, 6.45) is 2.11. The van der Waals surface area contributed by atoms with Gasteiger partial charge in [-0.25, -0.2) is 0 Å². The van der Waals surface area contributed by atoms with Gasteiger partial charge in [0.05, 0.1) is 5.69 Å². The molecule has 7 heteroatoms. The smallest absolute Gasteiger partial charge is 0.238 e. The van der Waals surface area contributed by atoms with Crippen molar-refractivity contribution in [2.45, 2.75) is 49.1 Å². The minimum absolute atomic E-state index is 0.00315. The molecule has 1 atom stereocenters. The van der Waals surface area contributed by atoms with Crippen LogP contribution in [0.1, 0.15) is 49.0 Å². The number of nitrogens with zero attached hydrogens (tertiary/aromatic N) is 4. The van der Waals surface area contributed by atoms with Crippen LogP contribution in [0, 0.1) is 0 Å². The van der Waals surface area contributed by atoms with E-state index in [9.17, 15) is 4.79 Å². The van der Waals surface area contributed by atoms with E-state index in [4.69, 9.17) is 0 Å². The van der Waals surface area contributed by atoms with Crippen LogP contribution in [0.25, 0.3) is 5.69 Å². The van der Waals surface area contributed by atoms with Crippen LogP contribution in [0.4, 0.5) is 0 Å². The van der Waals surface area contributed by atoms with Gasteiger partial charge in [0.15, 0.2) is 0 Å². The first-order valence-corrected chi connectivity index (χ1v) is 10.4. The first kappa shape index (κ1) is 18.7. The Bertz CT molecular complexity index is 935. The zero-order chi connectivity index (χ0) is 19.5. The third-order valence-corrected chi connectivity index (χ3v) is 5.92. The normalized spacial score (nSPS) is 14.8. The average molecular weight is 394 g/mol. The molecule has 0 radical (unpaired) electrons. The van der Waals surface area contributed by atoms with Crippen molar-refractivity contribution in [1.29, 1.82) is 0 Å². The van der Waals surface area contributed by atoms with E-state index in [1.807, 2.05) is 42.5 Å². The molecule has 6 nitrogen and oxygen atoms in total. The Labute approximate surface area is 168 Å². The summed E-state index contributed by atoms with van der Waals surface area (Å²) in [5.41, 5.74) is 3.08. The molecule has 0 aliphatic heterocycles. The van der Waals surface area contributed by atoms with Gasteiger partial charge in [-0.2, -0.15) is 4.68 Å². The third kappa shape index (κ3) is 4.25. The Kier molecular flexibility index (Phi) is 5.43. The molecule has 1 aliphatic rings. The molecule has 4 rings (SSSR count). The molecule has 1 aliphatic carbocycles. The fourth-order valence-corrected chi connectivity index (χ4v) is 3.93. The number of rotatable bonds is 7. The van der Waals surface area contributed by atoms with Gasteiger partial charge in [0.25, 0.3) is 0 Å². The minimum Gasteiger partial charge on any atom is -0.352 e. The summed E-state index contributed by atoms with van der Waals surface area (Å²) in [4.78, 5) is 12.9. The van der Waals surface area contributed by atoms with E-state index in [-0.39, 0.29) is 5.91 Å². The summed E-state index contributed by atoms with van der Waals surface area (Å²) < 4.78 is 1.69. The van der Waals surface area contributed by atoms with Crippen LogP contribution in [-0.2, 0) is 4.79 Å². The lowest BCUT2D eigenvalue weighted by atomic mass is 10.0. The Morgan fingerprint density at radius 3 is 2.43 bits per heavy atom. The molecule has 0 spiro atoms. The van der Waals surface area contributed by atoms with E-state index in [1.165, 1.54) is 17.3 Å². The highest BCUT2D eigenvalue weighted by molar-refractivity contribution is 8.00.